The first-order chi connectivity index (χ1) is 18.8. The van der Waals surface area contributed by atoms with E-state index in [-0.39, 0.29) is 12.5 Å². The van der Waals surface area contributed by atoms with Crippen molar-refractivity contribution in [3.63, 3.8) is 0 Å². The largest absolute Gasteiger partial charge is 0.394 e. The van der Waals surface area contributed by atoms with Gasteiger partial charge in [-0.05, 0) is 32.1 Å². The Morgan fingerprint density at radius 1 is 0.846 bits per heavy atom. The quantitative estimate of drug-likeness (QED) is 0.0878. The Hall–Kier alpha value is -1.33. The molecule has 0 aromatic rings. The van der Waals surface area contributed by atoms with Crippen LogP contribution in [0.25, 0.3) is 0 Å². The highest BCUT2D eigenvalue weighted by atomic mass is 16.7. The van der Waals surface area contributed by atoms with Crippen LogP contribution < -0.4 is 5.32 Å². The molecule has 0 spiro atoms. The Kier molecular flexibility index (Phi) is 20.5. The van der Waals surface area contributed by atoms with Gasteiger partial charge >= 0.3 is 0 Å². The first-order valence-electron chi connectivity index (χ1n) is 15.1. The molecule has 7 atom stereocenters. The molecule has 1 fully saturated rings. The van der Waals surface area contributed by atoms with E-state index >= 15 is 0 Å². The maximum Gasteiger partial charge on any atom is 0.220 e. The van der Waals surface area contributed by atoms with Crippen LogP contribution in [0.3, 0.4) is 0 Å². The fourth-order valence-corrected chi connectivity index (χ4v) is 4.46. The van der Waals surface area contributed by atoms with Crippen molar-refractivity contribution in [1.29, 1.82) is 0 Å². The van der Waals surface area contributed by atoms with E-state index in [0.717, 1.165) is 51.4 Å². The number of carbonyl (C=O) groups excluding carboxylic acids is 1. The predicted octanol–water partition coefficient (Wildman–Crippen LogP) is 3.26. The summed E-state index contributed by atoms with van der Waals surface area (Å²) in [7, 11) is 0. The van der Waals surface area contributed by atoms with Gasteiger partial charge in [0, 0.05) is 6.42 Å². The van der Waals surface area contributed by atoms with Crippen LogP contribution in [0.1, 0.15) is 104 Å². The zero-order valence-electron chi connectivity index (χ0n) is 24.1. The molecular formula is C30H55NO8. The number of hydrogen-bond donors (Lipinski definition) is 6. The molecular weight excluding hydrogens is 502 g/mol. The van der Waals surface area contributed by atoms with Gasteiger partial charge < -0.3 is 40.3 Å². The summed E-state index contributed by atoms with van der Waals surface area (Å²) in [5.41, 5.74) is 0. The summed E-state index contributed by atoms with van der Waals surface area (Å²) in [6, 6.07) is -0.810. The lowest BCUT2D eigenvalue weighted by molar-refractivity contribution is -0.302. The van der Waals surface area contributed by atoms with Gasteiger partial charge in [-0.15, -0.1) is 0 Å². The molecule has 1 aliphatic rings. The molecule has 0 radical (unpaired) electrons. The van der Waals surface area contributed by atoms with Crippen molar-refractivity contribution in [3.8, 4) is 0 Å². The van der Waals surface area contributed by atoms with Gasteiger partial charge in [0.15, 0.2) is 6.29 Å². The predicted molar refractivity (Wildman–Crippen MR) is 152 cm³/mol. The van der Waals surface area contributed by atoms with Gasteiger partial charge in [-0.2, -0.15) is 0 Å². The smallest absolute Gasteiger partial charge is 0.220 e. The van der Waals surface area contributed by atoms with Crippen molar-refractivity contribution in [2.75, 3.05) is 13.2 Å². The van der Waals surface area contributed by atoms with Gasteiger partial charge in [-0.25, -0.2) is 0 Å². The van der Waals surface area contributed by atoms with E-state index in [4.69, 9.17) is 9.47 Å². The minimum Gasteiger partial charge on any atom is -0.394 e. The average molecular weight is 558 g/mol. The van der Waals surface area contributed by atoms with E-state index in [2.05, 4.69) is 31.3 Å². The molecule has 39 heavy (non-hydrogen) atoms. The zero-order valence-corrected chi connectivity index (χ0v) is 24.1. The van der Waals surface area contributed by atoms with Crippen LogP contribution in [-0.4, -0.2) is 87.5 Å². The van der Waals surface area contributed by atoms with Crippen LogP contribution in [-0.2, 0) is 14.3 Å². The van der Waals surface area contributed by atoms with E-state index in [9.17, 15) is 30.3 Å². The fraction of sp³-hybridized carbons (Fsp3) is 0.833. The molecule has 0 aromatic carbocycles. The van der Waals surface area contributed by atoms with Crippen LogP contribution in [0.2, 0.25) is 0 Å². The van der Waals surface area contributed by atoms with Crippen molar-refractivity contribution in [1.82, 2.24) is 5.32 Å². The third kappa shape index (κ3) is 15.3. The lowest BCUT2D eigenvalue weighted by Crippen LogP contribution is -2.60. The zero-order chi connectivity index (χ0) is 28.9. The molecule has 1 aliphatic heterocycles. The maximum atomic E-state index is 12.6. The second kappa shape index (κ2) is 22.4. The van der Waals surface area contributed by atoms with Crippen molar-refractivity contribution < 1.29 is 39.8 Å². The summed E-state index contributed by atoms with van der Waals surface area (Å²) in [4.78, 5) is 12.6. The van der Waals surface area contributed by atoms with Gasteiger partial charge in [0.05, 0.1) is 25.4 Å². The number of ether oxygens (including phenoxy) is 2. The highest BCUT2D eigenvalue weighted by molar-refractivity contribution is 5.76. The van der Waals surface area contributed by atoms with Gasteiger partial charge in [0.2, 0.25) is 5.91 Å². The Balaban J connectivity index is 2.63. The molecule has 0 aromatic heterocycles. The summed E-state index contributed by atoms with van der Waals surface area (Å²) in [6.45, 7) is 3.59. The number of aliphatic hydroxyl groups is 5. The van der Waals surface area contributed by atoms with Gasteiger partial charge in [-0.3, -0.25) is 4.79 Å². The number of amides is 1. The van der Waals surface area contributed by atoms with Gasteiger partial charge in [0.25, 0.3) is 0 Å². The molecule has 0 aliphatic carbocycles. The third-order valence-electron chi connectivity index (χ3n) is 7.03. The van der Waals surface area contributed by atoms with E-state index in [1.807, 2.05) is 6.08 Å². The summed E-state index contributed by atoms with van der Waals surface area (Å²) in [5.74, 6) is -0.202. The molecule has 1 rings (SSSR count). The standard InChI is InChI=1S/C30H55NO8/c1-3-5-7-9-11-12-13-14-15-17-19-24(33)23(31-26(34)20-18-16-10-8-6-4-2)22-38-30-29(37)28(36)27(35)25(21-32)39-30/h12-13,17,19,23-25,27-30,32-33,35-37H,3-11,14-16,18,20-22H2,1-2H3,(H,31,34)/b13-12+,19-17+. The van der Waals surface area contributed by atoms with Crippen LogP contribution >= 0.6 is 0 Å². The average Bonchev–Trinajstić information content (AvgIpc) is 2.93. The monoisotopic (exact) mass is 557 g/mol. The Labute approximate surface area is 235 Å². The molecule has 9 heteroatoms. The lowest BCUT2D eigenvalue weighted by atomic mass is 9.99. The number of unbranched alkanes of at least 4 members (excludes halogenated alkanes) is 10. The maximum absolute atomic E-state index is 12.6. The Morgan fingerprint density at radius 3 is 2.15 bits per heavy atom. The molecule has 0 bridgehead atoms. The van der Waals surface area contributed by atoms with Crippen molar-refractivity contribution in [2.24, 2.45) is 0 Å². The fourth-order valence-electron chi connectivity index (χ4n) is 4.46. The number of carbonyl (C=O) groups is 1. The molecule has 7 unspecified atom stereocenters. The van der Waals surface area contributed by atoms with Crippen LogP contribution in [0.15, 0.2) is 24.3 Å². The number of hydrogen-bond acceptors (Lipinski definition) is 8. The topological polar surface area (TPSA) is 149 Å². The number of allylic oxidation sites excluding steroid dienone is 3. The van der Waals surface area contributed by atoms with Crippen LogP contribution in [0.4, 0.5) is 0 Å². The second-order valence-electron chi connectivity index (χ2n) is 10.5. The number of nitrogens with one attached hydrogen (secondary N) is 1. The molecule has 6 N–H and O–H groups in total. The minimum absolute atomic E-state index is 0.200. The van der Waals surface area contributed by atoms with E-state index < -0.39 is 49.5 Å². The van der Waals surface area contributed by atoms with Crippen LogP contribution in [0, 0.1) is 0 Å². The van der Waals surface area contributed by atoms with Crippen molar-refractivity contribution >= 4 is 5.91 Å². The first kappa shape index (κ1) is 35.7. The summed E-state index contributed by atoms with van der Waals surface area (Å²) < 4.78 is 11.0. The first-order valence-corrected chi connectivity index (χ1v) is 15.1. The minimum atomic E-state index is -1.56. The van der Waals surface area contributed by atoms with Crippen molar-refractivity contribution in [3.05, 3.63) is 24.3 Å². The molecule has 0 saturated carbocycles. The molecule has 1 amide bonds. The van der Waals surface area contributed by atoms with Gasteiger partial charge in [0.1, 0.15) is 24.4 Å². The summed E-state index contributed by atoms with van der Waals surface area (Å²) in [5, 5.41) is 53.3. The van der Waals surface area contributed by atoms with Crippen LogP contribution in [0.5, 0.6) is 0 Å². The number of rotatable bonds is 22. The lowest BCUT2D eigenvalue weighted by Gasteiger charge is -2.40. The SMILES string of the molecule is CCCCCC/C=C/CC/C=C/C(O)C(COC1OC(CO)C(O)C(O)C1O)NC(=O)CCCCCCCC. The molecule has 1 heterocycles. The highest BCUT2D eigenvalue weighted by Crippen LogP contribution is 2.22. The normalized spacial score (nSPS) is 25.4. The summed E-state index contributed by atoms with van der Waals surface area (Å²) >= 11 is 0. The Bertz CT molecular complexity index is 671. The van der Waals surface area contributed by atoms with Crippen molar-refractivity contribution in [2.45, 2.75) is 147 Å². The third-order valence-corrected chi connectivity index (χ3v) is 7.03. The second-order valence-corrected chi connectivity index (χ2v) is 10.5. The van der Waals surface area contributed by atoms with E-state index in [1.54, 1.807) is 6.08 Å². The highest BCUT2D eigenvalue weighted by Gasteiger charge is 2.44. The Morgan fingerprint density at radius 2 is 1.46 bits per heavy atom. The molecule has 9 nitrogen and oxygen atoms in total. The van der Waals surface area contributed by atoms with E-state index in [1.165, 1.54) is 32.1 Å². The molecule has 228 valence electrons. The number of aliphatic hydroxyl groups excluding tert-OH is 5. The summed E-state index contributed by atoms with van der Waals surface area (Å²) in [6.07, 6.45) is 14.0. The van der Waals surface area contributed by atoms with E-state index in [0.29, 0.717) is 6.42 Å². The molecule has 1 saturated heterocycles. The van der Waals surface area contributed by atoms with Gasteiger partial charge in [-0.1, -0.05) is 89.5 Å².